The lowest BCUT2D eigenvalue weighted by Gasteiger charge is -2.29. The Bertz CT molecular complexity index is 214. The lowest BCUT2D eigenvalue weighted by Crippen LogP contribution is -2.28. The van der Waals surface area contributed by atoms with Crippen LogP contribution in [0.3, 0.4) is 0 Å². The molecule has 2 aliphatic carbocycles. The van der Waals surface area contributed by atoms with E-state index in [1.807, 2.05) is 0 Å². The summed E-state index contributed by atoms with van der Waals surface area (Å²) in [6.45, 7) is 3.24. The Labute approximate surface area is 108 Å². The summed E-state index contributed by atoms with van der Waals surface area (Å²) in [7, 11) is 0. The van der Waals surface area contributed by atoms with Gasteiger partial charge in [0.1, 0.15) is 0 Å². The lowest BCUT2D eigenvalue weighted by molar-refractivity contribution is 0.242. The van der Waals surface area contributed by atoms with Crippen LogP contribution in [0.4, 0.5) is 0 Å². The van der Waals surface area contributed by atoms with E-state index in [9.17, 15) is 0 Å². The van der Waals surface area contributed by atoms with Crippen molar-refractivity contribution in [3.05, 3.63) is 0 Å². The molecule has 0 bridgehead atoms. The van der Waals surface area contributed by atoms with E-state index in [2.05, 4.69) is 6.92 Å². The summed E-state index contributed by atoms with van der Waals surface area (Å²) in [5.74, 6) is 2.17. The minimum absolute atomic E-state index is 0.580. The predicted octanol–water partition coefficient (Wildman–Crippen LogP) is 4.50. The van der Waals surface area contributed by atoms with Gasteiger partial charge in [-0.2, -0.15) is 0 Å². The number of hydrogen-bond acceptors (Lipinski definition) is 1. The fourth-order valence-corrected chi connectivity index (χ4v) is 3.94. The van der Waals surface area contributed by atoms with E-state index in [-0.39, 0.29) is 0 Å². The van der Waals surface area contributed by atoms with E-state index in [1.165, 1.54) is 70.6 Å². The van der Waals surface area contributed by atoms with E-state index in [0.29, 0.717) is 5.41 Å². The molecule has 0 aromatic rings. The van der Waals surface area contributed by atoms with Gasteiger partial charge >= 0.3 is 0 Å². The largest absolute Gasteiger partial charge is 0.330 e. The molecule has 0 aromatic carbocycles. The van der Waals surface area contributed by atoms with Gasteiger partial charge in [0.05, 0.1) is 0 Å². The van der Waals surface area contributed by atoms with Gasteiger partial charge in [-0.15, -0.1) is 0 Å². The first-order valence-electron chi connectivity index (χ1n) is 8.00. The molecule has 0 aromatic heterocycles. The average molecular weight is 237 g/mol. The fourth-order valence-electron chi connectivity index (χ4n) is 3.94. The molecule has 2 saturated carbocycles. The van der Waals surface area contributed by atoms with E-state index < -0.39 is 0 Å². The predicted molar refractivity (Wildman–Crippen MR) is 74.9 cm³/mol. The van der Waals surface area contributed by atoms with Crippen molar-refractivity contribution < 1.29 is 0 Å². The van der Waals surface area contributed by atoms with Crippen LogP contribution in [0.1, 0.15) is 77.6 Å². The molecule has 2 N–H and O–H groups in total. The molecule has 0 aliphatic heterocycles. The first kappa shape index (κ1) is 13.4. The van der Waals surface area contributed by atoms with Crippen LogP contribution < -0.4 is 5.73 Å². The molecule has 0 spiro atoms. The Kier molecular flexibility index (Phi) is 4.90. The molecular weight excluding hydrogens is 206 g/mol. The molecular formula is C16H31N. The topological polar surface area (TPSA) is 26.0 Å². The van der Waals surface area contributed by atoms with Gasteiger partial charge in [-0.25, -0.2) is 0 Å². The summed E-state index contributed by atoms with van der Waals surface area (Å²) in [6, 6.07) is 0. The van der Waals surface area contributed by atoms with Crippen LogP contribution in [0.15, 0.2) is 0 Å². The van der Waals surface area contributed by atoms with Gasteiger partial charge in [0, 0.05) is 0 Å². The van der Waals surface area contributed by atoms with Crippen molar-refractivity contribution in [2.75, 3.05) is 6.54 Å². The summed E-state index contributed by atoms with van der Waals surface area (Å²) >= 11 is 0. The van der Waals surface area contributed by atoms with Gasteiger partial charge in [-0.1, -0.05) is 51.9 Å². The first-order valence-corrected chi connectivity index (χ1v) is 8.00. The van der Waals surface area contributed by atoms with Crippen molar-refractivity contribution in [2.45, 2.75) is 77.6 Å². The second kappa shape index (κ2) is 6.22. The van der Waals surface area contributed by atoms with E-state index in [1.54, 1.807) is 0 Å². The molecule has 2 aliphatic rings. The Hall–Kier alpha value is -0.0400. The van der Waals surface area contributed by atoms with Crippen LogP contribution in [0.5, 0.6) is 0 Å². The molecule has 100 valence electrons. The Balaban J connectivity index is 1.52. The molecule has 2 atom stereocenters. The highest BCUT2D eigenvalue weighted by Gasteiger charge is 2.52. The summed E-state index contributed by atoms with van der Waals surface area (Å²) < 4.78 is 0. The molecule has 1 nitrogen and oxygen atoms in total. The van der Waals surface area contributed by atoms with Crippen molar-refractivity contribution in [3.8, 4) is 0 Å². The van der Waals surface area contributed by atoms with Crippen LogP contribution in [0.2, 0.25) is 0 Å². The normalized spacial score (nSPS) is 34.9. The summed E-state index contributed by atoms with van der Waals surface area (Å²) in [6.07, 6.45) is 15.9. The maximum absolute atomic E-state index is 6.03. The van der Waals surface area contributed by atoms with Crippen LogP contribution >= 0.6 is 0 Å². The summed E-state index contributed by atoms with van der Waals surface area (Å²) in [5, 5.41) is 0. The maximum Gasteiger partial charge on any atom is -0.00203 e. The van der Waals surface area contributed by atoms with Crippen molar-refractivity contribution in [2.24, 2.45) is 23.0 Å². The Morgan fingerprint density at radius 2 is 1.53 bits per heavy atom. The standard InChI is InChI=1S/C16H31N/c1-2-3-4-5-6-7-8-9-16(13-17)11-14-10-15(14)12-16/h14-15H,2-13,17H2,1H3. The molecule has 0 radical (unpaired) electrons. The monoisotopic (exact) mass is 237 g/mol. The highest BCUT2D eigenvalue weighted by Crippen LogP contribution is 2.61. The number of hydrogen-bond donors (Lipinski definition) is 1. The zero-order valence-corrected chi connectivity index (χ0v) is 11.7. The number of unbranched alkanes of at least 4 members (excludes halogenated alkanes) is 6. The smallest absolute Gasteiger partial charge is 0.00203 e. The maximum atomic E-state index is 6.03. The van der Waals surface area contributed by atoms with E-state index in [0.717, 1.165) is 18.4 Å². The lowest BCUT2D eigenvalue weighted by atomic mass is 9.78. The third-order valence-electron chi connectivity index (χ3n) is 5.20. The van der Waals surface area contributed by atoms with Crippen LogP contribution in [0.25, 0.3) is 0 Å². The highest BCUT2D eigenvalue weighted by atomic mass is 14.7. The van der Waals surface area contributed by atoms with Crippen molar-refractivity contribution in [1.82, 2.24) is 0 Å². The molecule has 0 saturated heterocycles. The van der Waals surface area contributed by atoms with Gasteiger partial charge in [0.25, 0.3) is 0 Å². The highest BCUT2D eigenvalue weighted by molar-refractivity contribution is 5.03. The average Bonchev–Trinajstić information content (AvgIpc) is 2.96. The van der Waals surface area contributed by atoms with Gasteiger partial charge in [-0.05, 0) is 49.5 Å². The zero-order chi connectivity index (χ0) is 12.1. The second-order valence-electron chi connectivity index (χ2n) is 6.74. The minimum atomic E-state index is 0.580. The number of rotatable bonds is 9. The quantitative estimate of drug-likeness (QED) is 0.587. The first-order chi connectivity index (χ1) is 8.29. The summed E-state index contributed by atoms with van der Waals surface area (Å²) in [5.41, 5.74) is 6.61. The van der Waals surface area contributed by atoms with Crippen molar-refractivity contribution in [1.29, 1.82) is 0 Å². The van der Waals surface area contributed by atoms with Crippen molar-refractivity contribution in [3.63, 3.8) is 0 Å². The second-order valence-corrected chi connectivity index (χ2v) is 6.74. The van der Waals surface area contributed by atoms with E-state index >= 15 is 0 Å². The Morgan fingerprint density at radius 1 is 0.941 bits per heavy atom. The molecule has 0 amide bonds. The van der Waals surface area contributed by atoms with Gasteiger partial charge in [-0.3, -0.25) is 0 Å². The fraction of sp³-hybridized carbons (Fsp3) is 1.00. The molecule has 1 heteroatoms. The molecule has 17 heavy (non-hydrogen) atoms. The summed E-state index contributed by atoms with van der Waals surface area (Å²) in [4.78, 5) is 0. The van der Waals surface area contributed by atoms with Gasteiger partial charge in [0.15, 0.2) is 0 Å². The van der Waals surface area contributed by atoms with Crippen LogP contribution in [-0.4, -0.2) is 6.54 Å². The van der Waals surface area contributed by atoms with Gasteiger partial charge in [0.2, 0.25) is 0 Å². The van der Waals surface area contributed by atoms with E-state index in [4.69, 9.17) is 5.73 Å². The third kappa shape index (κ3) is 3.71. The Morgan fingerprint density at radius 3 is 2.12 bits per heavy atom. The molecule has 0 heterocycles. The van der Waals surface area contributed by atoms with Crippen LogP contribution in [0, 0.1) is 17.3 Å². The number of nitrogens with two attached hydrogens (primary N) is 1. The van der Waals surface area contributed by atoms with Crippen molar-refractivity contribution >= 4 is 0 Å². The third-order valence-corrected chi connectivity index (χ3v) is 5.20. The minimum Gasteiger partial charge on any atom is -0.330 e. The molecule has 2 rings (SSSR count). The SMILES string of the molecule is CCCCCCCCCC1(CN)CC2CC2C1. The van der Waals surface area contributed by atoms with Crippen LogP contribution in [-0.2, 0) is 0 Å². The molecule has 2 unspecified atom stereocenters. The zero-order valence-electron chi connectivity index (χ0n) is 11.7. The number of fused-ring (bicyclic) bond motifs is 1. The molecule has 2 fully saturated rings. The van der Waals surface area contributed by atoms with Gasteiger partial charge < -0.3 is 5.73 Å².